The van der Waals surface area contributed by atoms with Gasteiger partial charge in [-0.05, 0) is 65.1 Å². The molecule has 0 aliphatic heterocycles. The fraction of sp³-hybridized carbons (Fsp3) is 0.733. The van der Waals surface area contributed by atoms with Crippen LogP contribution in [0.15, 0.2) is 15.2 Å². The van der Waals surface area contributed by atoms with Crippen molar-refractivity contribution in [2.75, 3.05) is 19.3 Å². The molecule has 0 radical (unpaired) electrons. The maximum absolute atomic E-state index is 4.24. The minimum absolute atomic E-state index is 1.05. The summed E-state index contributed by atoms with van der Waals surface area (Å²) in [4.78, 5) is 2.43. The van der Waals surface area contributed by atoms with Crippen LogP contribution in [0.25, 0.3) is 0 Å². The van der Waals surface area contributed by atoms with Gasteiger partial charge in [-0.3, -0.25) is 0 Å². The van der Waals surface area contributed by atoms with Crippen molar-refractivity contribution in [3.05, 3.63) is 20.8 Å². The van der Waals surface area contributed by atoms with E-state index in [0.717, 1.165) is 12.3 Å². The summed E-state index contributed by atoms with van der Waals surface area (Å²) in [6, 6.07) is 2.22. The molecule has 4 heteroatoms. The van der Waals surface area contributed by atoms with Crippen molar-refractivity contribution in [1.82, 2.24) is 4.90 Å². The van der Waals surface area contributed by atoms with E-state index < -0.39 is 0 Å². The van der Waals surface area contributed by atoms with Crippen LogP contribution in [0.4, 0.5) is 0 Å². The van der Waals surface area contributed by atoms with Crippen molar-refractivity contribution in [1.29, 1.82) is 0 Å². The average Bonchev–Trinajstić information content (AvgIpc) is 2.78. The highest BCUT2D eigenvalue weighted by atomic mass is 79.9. The molecule has 0 aliphatic rings. The maximum atomic E-state index is 4.24. The molecule has 1 heterocycles. The summed E-state index contributed by atoms with van der Waals surface area (Å²) < 4.78 is 1.23. The van der Waals surface area contributed by atoms with Crippen molar-refractivity contribution in [3.8, 4) is 0 Å². The highest BCUT2D eigenvalue weighted by Gasteiger charge is 2.02. The summed E-state index contributed by atoms with van der Waals surface area (Å²) >= 11 is 9.52. The molecule has 0 fully saturated rings. The minimum Gasteiger partial charge on any atom is -0.302 e. The van der Waals surface area contributed by atoms with Gasteiger partial charge in [-0.2, -0.15) is 12.6 Å². The molecule has 1 nitrogen and oxygen atoms in total. The molecule has 110 valence electrons. The molecule has 1 aromatic rings. The van der Waals surface area contributed by atoms with Crippen LogP contribution in [-0.2, 0) is 6.54 Å². The molecule has 0 unspecified atom stereocenters. The van der Waals surface area contributed by atoms with Crippen LogP contribution in [-0.4, -0.2) is 24.2 Å². The molecule has 0 saturated heterocycles. The maximum Gasteiger partial charge on any atom is 0.0701 e. The van der Waals surface area contributed by atoms with Gasteiger partial charge >= 0.3 is 0 Å². The average molecular weight is 364 g/mol. The van der Waals surface area contributed by atoms with Crippen LogP contribution in [0.1, 0.15) is 50.5 Å². The fourth-order valence-electron chi connectivity index (χ4n) is 2.20. The monoisotopic (exact) mass is 363 g/mol. The summed E-state index contributed by atoms with van der Waals surface area (Å²) in [5, 5.41) is 2.24. The quantitative estimate of drug-likeness (QED) is 0.395. The first-order chi connectivity index (χ1) is 9.22. The van der Waals surface area contributed by atoms with E-state index in [-0.39, 0.29) is 0 Å². The second-order valence-corrected chi connectivity index (χ2v) is 7.93. The van der Waals surface area contributed by atoms with E-state index in [2.05, 4.69) is 52.0 Å². The predicted octanol–water partition coefficient (Wildman–Crippen LogP) is 5.60. The number of thiophene rings is 1. The van der Waals surface area contributed by atoms with Crippen molar-refractivity contribution in [2.45, 2.75) is 51.5 Å². The highest BCUT2D eigenvalue weighted by Crippen LogP contribution is 2.21. The number of halogens is 1. The van der Waals surface area contributed by atoms with Gasteiger partial charge in [0.15, 0.2) is 0 Å². The molecule has 0 saturated carbocycles. The van der Waals surface area contributed by atoms with E-state index >= 15 is 0 Å². The van der Waals surface area contributed by atoms with Crippen molar-refractivity contribution in [3.63, 3.8) is 0 Å². The molecule has 0 N–H and O–H groups in total. The molecule has 19 heavy (non-hydrogen) atoms. The zero-order valence-corrected chi connectivity index (χ0v) is 15.2. The summed E-state index contributed by atoms with van der Waals surface area (Å²) in [6.45, 7) is 2.29. The Labute approximate surface area is 136 Å². The molecular formula is C15H26BrNS2. The van der Waals surface area contributed by atoms with Gasteiger partial charge in [-0.15, -0.1) is 11.3 Å². The van der Waals surface area contributed by atoms with Crippen molar-refractivity contribution in [2.24, 2.45) is 0 Å². The third kappa shape index (κ3) is 9.11. The van der Waals surface area contributed by atoms with Gasteiger partial charge in [0.2, 0.25) is 0 Å². The SMILES string of the molecule is CN(CCCCCCCCCS)Cc1csc(Br)c1. The van der Waals surface area contributed by atoms with E-state index in [4.69, 9.17) is 0 Å². The Hall–Kier alpha value is 0.490. The first-order valence-electron chi connectivity index (χ1n) is 7.24. The number of rotatable bonds is 11. The first kappa shape index (κ1) is 17.5. The molecule has 1 aromatic heterocycles. The van der Waals surface area contributed by atoms with Gasteiger partial charge in [0.05, 0.1) is 3.79 Å². The number of unbranched alkanes of at least 4 members (excludes halogenated alkanes) is 6. The lowest BCUT2D eigenvalue weighted by atomic mass is 10.1. The molecule has 0 amide bonds. The van der Waals surface area contributed by atoms with Crippen LogP contribution in [0.2, 0.25) is 0 Å². The highest BCUT2D eigenvalue weighted by molar-refractivity contribution is 9.11. The zero-order chi connectivity index (χ0) is 13.9. The standard InChI is InChI=1S/C15H26BrNS2/c1-17(12-14-11-15(16)19-13-14)9-7-5-3-2-4-6-8-10-18/h11,13,18H,2-10,12H2,1H3. The summed E-state index contributed by atoms with van der Waals surface area (Å²) in [5.74, 6) is 1.05. The normalized spacial score (nSPS) is 11.4. The van der Waals surface area contributed by atoms with Crippen LogP contribution >= 0.6 is 39.9 Å². The topological polar surface area (TPSA) is 3.24 Å². The Balaban J connectivity index is 1.94. The minimum atomic E-state index is 1.05. The first-order valence-corrected chi connectivity index (χ1v) is 9.55. The van der Waals surface area contributed by atoms with E-state index in [0.29, 0.717) is 0 Å². The molecule has 0 aromatic carbocycles. The Morgan fingerprint density at radius 1 is 1.11 bits per heavy atom. The number of nitrogens with zero attached hydrogens (tertiary/aromatic N) is 1. The van der Waals surface area contributed by atoms with Crippen molar-refractivity contribution < 1.29 is 0 Å². The summed E-state index contributed by atoms with van der Waals surface area (Å²) in [6.07, 6.45) is 9.52. The molecule has 0 spiro atoms. The molecular weight excluding hydrogens is 338 g/mol. The van der Waals surface area contributed by atoms with Crippen LogP contribution in [0.5, 0.6) is 0 Å². The van der Waals surface area contributed by atoms with Crippen LogP contribution < -0.4 is 0 Å². The van der Waals surface area contributed by atoms with Crippen LogP contribution in [0.3, 0.4) is 0 Å². The largest absolute Gasteiger partial charge is 0.302 e. The smallest absolute Gasteiger partial charge is 0.0701 e. The Kier molecular flexibility index (Phi) is 10.3. The number of hydrogen-bond acceptors (Lipinski definition) is 3. The third-order valence-electron chi connectivity index (χ3n) is 3.27. The Morgan fingerprint density at radius 3 is 2.32 bits per heavy atom. The number of hydrogen-bond donors (Lipinski definition) is 1. The summed E-state index contributed by atoms with van der Waals surface area (Å²) in [7, 11) is 2.22. The van der Waals surface area contributed by atoms with Crippen molar-refractivity contribution >= 4 is 39.9 Å². The predicted molar refractivity (Wildman–Crippen MR) is 94.5 cm³/mol. The number of thiol groups is 1. The second kappa shape index (κ2) is 11.2. The van der Waals surface area contributed by atoms with E-state index in [1.54, 1.807) is 11.3 Å². The van der Waals surface area contributed by atoms with Gasteiger partial charge in [0.1, 0.15) is 0 Å². The van der Waals surface area contributed by atoms with Gasteiger partial charge in [0, 0.05) is 6.54 Å². The van der Waals surface area contributed by atoms with E-state index in [1.807, 2.05) is 0 Å². The molecule has 0 bridgehead atoms. The Morgan fingerprint density at radius 2 is 1.74 bits per heavy atom. The molecule has 0 aliphatic carbocycles. The lowest BCUT2D eigenvalue weighted by Gasteiger charge is -2.15. The zero-order valence-electron chi connectivity index (χ0n) is 11.9. The van der Waals surface area contributed by atoms with Gasteiger partial charge in [0.25, 0.3) is 0 Å². The van der Waals surface area contributed by atoms with Crippen LogP contribution in [0, 0.1) is 0 Å². The third-order valence-corrected chi connectivity index (χ3v) is 5.14. The second-order valence-electron chi connectivity index (χ2n) is 5.20. The molecule has 1 rings (SSSR count). The Bertz CT molecular complexity index is 328. The van der Waals surface area contributed by atoms with Gasteiger partial charge in [-0.25, -0.2) is 0 Å². The van der Waals surface area contributed by atoms with E-state index in [1.165, 1.54) is 60.8 Å². The summed E-state index contributed by atoms with van der Waals surface area (Å²) in [5.41, 5.74) is 1.42. The fourth-order valence-corrected chi connectivity index (χ4v) is 3.62. The lowest BCUT2D eigenvalue weighted by molar-refractivity contribution is 0.317. The van der Waals surface area contributed by atoms with Gasteiger partial charge in [-0.1, -0.05) is 32.1 Å². The molecule has 0 atom stereocenters. The lowest BCUT2D eigenvalue weighted by Crippen LogP contribution is -2.18. The van der Waals surface area contributed by atoms with E-state index in [9.17, 15) is 0 Å². The van der Waals surface area contributed by atoms with Gasteiger partial charge < -0.3 is 4.90 Å².